The molecule has 2 aromatic carbocycles. The molecule has 0 amide bonds. The number of carboxylic acids is 1. The van der Waals surface area contributed by atoms with Crippen LogP contribution in [-0.2, 0) is 4.79 Å². The van der Waals surface area contributed by atoms with E-state index in [1.807, 2.05) is 30.3 Å². The van der Waals surface area contributed by atoms with Crippen LogP contribution in [0.3, 0.4) is 0 Å². The molecule has 0 radical (unpaired) electrons. The Hall–Kier alpha value is -2.20. The van der Waals surface area contributed by atoms with Gasteiger partial charge in [-0.15, -0.1) is 0 Å². The molecule has 2 aromatic rings. The highest BCUT2D eigenvalue weighted by Gasteiger charge is 2.27. The highest BCUT2D eigenvalue weighted by molar-refractivity contribution is 5.70. The van der Waals surface area contributed by atoms with Crippen LogP contribution < -0.4 is 5.32 Å². The number of hydrogen-bond acceptors (Lipinski definition) is 2. The third kappa shape index (κ3) is 4.01. The highest BCUT2D eigenvalue weighted by Crippen LogP contribution is 2.29. The Morgan fingerprint density at radius 2 is 1.54 bits per heavy atom. The van der Waals surface area contributed by atoms with E-state index in [2.05, 4.69) is 17.4 Å². The molecule has 24 heavy (non-hydrogen) atoms. The van der Waals surface area contributed by atoms with Gasteiger partial charge in [-0.25, -0.2) is 4.39 Å². The first-order valence-electron chi connectivity index (χ1n) is 8.43. The van der Waals surface area contributed by atoms with Crippen LogP contribution in [0.25, 0.3) is 0 Å². The zero-order valence-electron chi connectivity index (χ0n) is 13.5. The topological polar surface area (TPSA) is 49.3 Å². The van der Waals surface area contributed by atoms with Crippen molar-refractivity contribution in [2.24, 2.45) is 5.92 Å². The van der Waals surface area contributed by atoms with Crippen LogP contribution in [0.2, 0.25) is 0 Å². The van der Waals surface area contributed by atoms with Gasteiger partial charge in [-0.2, -0.15) is 0 Å². The number of nitrogens with one attached hydrogen (secondary N) is 1. The second-order valence-corrected chi connectivity index (χ2v) is 6.45. The minimum Gasteiger partial charge on any atom is -0.481 e. The van der Waals surface area contributed by atoms with Gasteiger partial charge in [0.25, 0.3) is 0 Å². The number of carboxylic acid groups (broad SMARTS) is 1. The van der Waals surface area contributed by atoms with Gasteiger partial charge in [-0.05, 0) is 48.9 Å². The second-order valence-electron chi connectivity index (χ2n) is 6.45. The lowest BCUT2D eigenvalue weighted by atomic mass is 9.85. The molecular weight excluding hydrogens is 305 g/mol. The molecule has 1 aliphatic rings. The van der Waals surface area contributed by atoms with E-state index in [-0.39, 0.29) is 23.8 Å². The zero-order valence-corrected chi connectivity index (χ0v) is 13.5. The molecule has 0 aromatic heterocycles. The summed E-state index contributed by atoms with van der Waals surface area (Å²) in [5.41, 5.74) is 2.15. The van der Waals surface area contributed by atoms with Crippen molar-refractivity contribution in [2.45, 2.75) is 37.8 Å². The van der Waals surface area contributed by atoms with E-state index in [9.17, 15) is 9.18 Å². The highest BCUT2D eigenvalue weighted by atomic mass is 19.1. The molecule has 1 aliphatic carbocycles. The Labute approximate surface area is 141 Å². The lowest BCUT2D eigenvalue weighted by Gasteiger charge is -2.31. The summed E-state index contributed by atoms with van der Waals surface area (Å²) in [5, 5.41) is 12.8. The number of hydrogen-bond donors (Lipinski definition) is 2. The van der Waals surface area contributed by atoms with Crippen molar-refractivity contribution in [3.8, 4) is 0 Å². The van der Waals surface area contributed by atoms with Gasteiger partial charge in [0.1, 0.15) is 5.82 Å². The fourth-order valence-electron chi connectivity index (χ4n) is 3.43. The van der Waals surface area contributed by atoms with Crippen LogP contribution in [0.15, 0.2) is 54.6 Å². The van der Waals surface area contributed by atoms with Crippen molar-refractivity contribution in [1.29, 1.82) is 0 Å². The Morgan fingerprint density at radius 1 is 0.958 bits per heavy atom. The summed E-state index contributed by atoms with van der Waals surface area (Å²) in [6, 6.07) is 16.9. The fraction of sp³-hybridized carbons (Fsp3) is 0.350. The fourth-order valence-corrected chi connectivity index (χ4v) is 3.43. The second kappa shape index (κ2) is 7.58. The van der Waals surface area contributed by atoms with Gasteiger partial charge in [0.05, 0.1) is 12.0 Å². The number of aliphatic carboxylic acids is 1. The van der Waals surface area contributed by atoms with Crippen molar-refractivity contribution in [3.05, 3.63) is 71.5 Å². The van der Waals surface area contributed by atoms with Crippen LogP contribution in [0.4, 0.5) is 4.39 Å². The molecule has 0 spiro atoms. The van der Waals surface area contributed by atoms with Crippen molar-refractivity contribution in [3.63, 3.8) is 0 Å². The van der Waals surface area contributed by atoms with E-state index in [0.29, 0.717) is 12.8 Å². The molecule has 3 nitrogen and oxygen atoms in total. The predicted octanol–water partition coefficient (Wildman–Crippen LogP) is 4.15. The van der Waals surface area contributed by atoms with Crippen molar-refractivity contribution < 1.29 is 14.3 Å². The summed E-state index contributed by atoms with van der Waals surface area (Å²) >= 11 is 0. The van der Waals surface area contributed by atoms with E-state index < -0.39 is 5.97 Å². The quantitative estimate of drug-likeness (QED) is 0.867. The van der Waals surface area contributed by atoms with E-state index in [4.69, 9.17) is 5.11 Å². The van der Waals surface area contributed by atoms with Crippen molar-refractivity contribution in [2.75, 3.05) is 0 Å². The van der Waals surface area contributed by atoms with Crippen LogP contribution in [0.5, 0.6) is 0 Å². The Kier molecular flexibility index (Phi) is 5.26. The monoisotopic (exact) mass is 327 g/mol. The van der Waals surface area contributed by atoms with Gasteiger partial charge < -0.3 is 10.4 Å². The minimum atomic E-state index is -0.688. The molecular formula is C20H22FNO2. The molecule has 126 valence electrons. The molecule has 4 heteroatoms. The smallest absolute Gasteiger partial charge is 0.306 e. The number of carbonyl (C=O) groups is 1. The summed E-state index contributed by atoms with van der Waals surface area (Å²) in [4.78, 5) is 11.1. The van der Waals surface area contributed by atoms with E-state index in [1.165, 1.54) is 12.1 Å². The summed E-state index contributed by atoms with van der Waals surface area (Å²) in [6.07, 6.45) is 3.11. The third-order valence-corrected chi connectivity index (χ3v) is 4.82. The van der Waals surface area contributed by atoms with Crippen LogP contribution in [0.1, 0.15) is 42.9 Å². The standard InChI is InChI=1S/C20H22FNO2/c21-17-10-6-15(7-11-17)19(14-4-2-1-3-5-14)22-18-12-8-16(9-13-18)20(23)24/h1-7,10-11,16,18-19,22H,8-9,12-13H2,(H,23,24). The number of rotatable bonds is 5. The molecule has 0 saturated heterocycles. The average molecular weight is 327 g/mol. The van der Waals surface area contributed by atoms with Gasteiger partial charge in [0.2, 0.25) is 0 Å². The van der Waals surface area contributed by atoms with Gasteiger partial charge in [0, 0.05) is 6.04 Å². The van der Waals surface area contributed by atoms with Gasteiger partial charge in [0.15, 0.2) is 0 Å². The van der Waals surface area contributed by atoms with Crippen LogP contribution >= 0.6 is 0 Å². The van der Waals surface area contributed by atoms with E-state index in [1.54, 1.807) is 0 Å². The maximum absolute atomic E-state index is 13.3. The average Bonchev–Trinajstić information content (AvgIpc) is 2.62. The number of halogens is 1. The normalized spacial score (nSPS) is 22.0. The molecule has 1 unspecified atom stereocenters. The van der Waals surface area contributed by atoms with Gasteiger partial charge in [-0.1, -0.05) is 42.5 Å². The third-order valence-electron chi connectivity index (χ3n) is 4.82. The summed E-state index contributed by atoms with van der Waals surface area (Å²) in [5.74, 6) is -1.15. The first kappa shape index (κ1) is 16.7. The molecule has 1 fully saturated rings. The molecule has 1 atom stereocenters. The van der Waals surface area contributed by atoms with E-state index in [0.717, 1.165) is 24.0 Å². The summed E-state index contributed by atoms with van der Waals surface area (Å²) in [6.45, 7) is 0. The van der Waals surface area contributed by atoms with Crippen LogP contribution in [0, 0.1) is 11.7 Å². The lowest BCUT2D eigenvalue weighted by Crippen LogP contribution is -2.37. The Bertz CT molecular complexity index is 664. The Morgan fingerprint density at radius 3 is 2.12 bits per heavy atom. The molecule has 2 N–H and O–H groups in total. The molecule has 0 heterocycles. The van der Waals surface area contributed by atoms with Gasteiger partial charge >= 0.3 is 5.97 Å². The van der Waals surface area contributed by atoms with Gasteiger partial charge in [-0.3, -0.25) is 4.79 Å². The predicted molar refractivity (Wildman–Crippen MR) is 91.2 cm³/mol. The minimum absolute atomic E-state index is 0.0156. The summed E-state index contributed by atoms with van der Waals surface area (Å²) < 4.78 is 13.3. The molecule has 3 rings (SSSR count). The maximum Gasteiger partial charge on any atom is 0.306 e. The Balaban J connectivity index is 1.76. The largest absolute Gasteiger partial charge is 0.481 e. The maximum atomic E-state index is 13.3. The SMILES string of the molecule is O=C(O)C1CCC(NC(c2ccccc2)c2ccc(F)cc2)CC1. The summed E-state index contributed by atoms with van der Waals surface area (Å²) in [7, 11) is 0. The lowest BCUT2D eigenvalue weighted by molar-refractivity contribution is -0.142. The first-order chi connectivity index (χ1) is 11.6. The van der Waals surface area contributed by atoms with Crippen molar-refractivity contribution in [1.82, 2.24) is 5.32 Å². The molecule has 0 bridgehead atoms. The van der Waals surface area contributed by atoms with Crippen LogP contribution in [-0.4, -0.2) is 17.1 Å². The zero-order chi connectivity index (χ0) is 16.9. The number of benzene rings is 2. The first-order valence-corrected chi connectivity index (χ1v) is 8.43. The van der Waals surface area contributed by atoms with Crippen molar-refractivity contribution >= 4 is 5.97 Å². The van der Waals surface area contributed by atoms with E-state index >= 15 is 0 Å². The molecule has 1 saturated carbocycles. The molecule has 0 aliphatic heterocycles.